The minimum atomic E-state index is -0.106. The summed E-state index contributed by atoms with van der Waals surface area (Å²) in [6, 6.07) is 17.3. The lowest BCUT2D eigenvalue weighted by Gasteiger charge is -2.22. The Balaban J connectivity index is 1.42. The van der Waals surface area contributed by atoms with Crippen LogP contribution in [0.4, 0.5) is 0 Å². The van der Waals surface area contributed by atoms with Crippen molar-refractivity contribution < 1.29 is 14.3 Å². The van der Waals surface area contributed by atoms with Crippen LogP contribution in [0.3, 0.4) is 0 Å². The second kappa shape index (κ2) is 15.4. The van der Waals surface area contributed by atoms with Crippen LogP contribution in [0, 0.1) is 0 Å². The van der Waals surface area contributed by atoms with Gasteiger partial charge in [0.15, 0.2) is 0 Å². The third-order valence-corrected chi connectivity index (χ3v) is 6.99. The average Bonchev–Trinajstić information content (AvgIpc) is 2.91. The van der Waals surface area contributed by atoms with E-state index in [2.05, 4.69) is 68.5 Å². The number of benzene rings is 2. The van der Waals surface area contributed by atoms with Gasteiger partial charge in [-0.25, -0.2) is 4.79 Å². The molecule has 3 nitrogen and oxygen atoms in total. The Labute approximate surface area is 212 Å². The molecule has 1 unspecified atom stereocenters. The summed E-state index contributed by atoms with van der Waals surface area (Å²) in [6.45, 7) is 5.78. The Hall–Kier alpha value is -2.55. The normalized spacial score (nSPS) is 15.5. The molecule has 0 amide bonds. The van der Waals surface area contributed by atoms with Crippen molar-refractivity contribution in [3.63, 3.8) is 0 Å². The van der Waals surface area contributed by atoms with Crippen molar-refractivity contribution in [3.8, 4) is 16.9 Å². The molecule has 0 heterocycles. The van der Waals surface area contributed by atoms with Crippen LogP contribution in [0.5, 0.6) is 5.75 Å². The van der Waals surface area contributed by atoms with Gasteiger partial charge in [-0.2, -0.15) is 0 Å². The fourth-order valence-electron chi connectivity index (χ4n) is 4.70. The van der Waals surface area contributed by atoms with E-state index in [-0.39, 0.29) is 5.97 Å². The highest BCUT2D eigenvalue weighted by atomic mass is 16.5. The maximum Gasteiger partial charge on any atom is 0.333 e. The summed E-state index contributed by atoms with van der Waals surface area (Å²) in [6.07, 6.45) is 15.6. The summed E-state index contributed by atoms with van der Waals surface area (Å²) in [4.78, 5) is 12.4. The van der Waals surface area contributed by atoms with Crippen LogP contribution in [0.25, 0.3) is 11.1 Å². The quantitative estimate of drug-likeness (QED) is 0.190. The van der Waals surface area contributed by atoms with Gasteiger partial charge in [0.05, 0.1) is 13.2 Å². The number of allylic oxidation sites excluding steroid dienone is 1. The van der Waals surface area contributed by atoms with Crippen molar-refractivity contribution in [1.82, 2.24) is 0 Å². The van der Waals surface area contributed by atoms with E-state index in [4.69, 9.17) is 9.47 Å². The number of carbonyl (C=O) groups is 1. The van der Waals surface area contributed by atoms with Gasteiger partial charge in [-0.15, -0.1) is 0 Å². The lowest BCUT2D eigenvalue weighted by Crippen LogP contribution is -2.14. The first-order valence-corrected chi connectivity index (χ1v) is 13.9. The first-order chi connectivity index (χ1) is 17.2. The molecule has 3 rings (SSSR count). The van der Waals surface area contributed by atoms with Gasteiger partial charge < -0.3 is 9.47 Å². The van der Waals surface area contributed by atoms with E-state index in [9.17, 15) is 4.79 Å². The Morgan fingerprint density at radius 2 is 1.37 bits per heavy atom. The maximum atomic E-state index is 12.4. The lowest BCUT2D eigenvalue weighted by atomic mass is 9.84. The van der Waals surface area contributed by atoms with Crippen LogP contribution >= 0.6 is 0 Å². The van der Waals surface area contributed by atoms with E-state index in [1.807, 2.05) is 0 Å². The van der Waals surface area contributed by atoms with Crippen LogP contribution in [0.2, 0.25) is 0 Å². The van der Waals surface area contributed by atoms with Gasteiger partial charge in [0, 0.05) is 5.57 Å². The summed E-state index contributed by atoms with van der Waals surface area (Å²) >= 11 is 0. The van der Waals surface area contributed by atoms with E-state index in [1.54, 1.807) is 0 Å². The number of hydrogen-bond donors (Lipinski definition) is 0. The van der Waals surface area contributed by atoms with Crippen LogP contribution in [0.1, 0.15) is 102 Å². The molecule has 0 saturated heterocycles. The minimum absolute atomic E-state index is 0.106. The van der Waals surface area contributed by atoms with E-state index < -0.39 is 0 Å². The van der Waals surface area contributed by atoms with Gasteiger partial charge in [-0.3, -0.25) is 0 Å². The standard InChI is InChI=1S/C32H44O3/c1-3-5-7-8-9-11-25-35-32(33)30-18-16-28(17-19-30)26-12-14-27(15-13-26)29-20-22-31(23-21-29)34-24-10-6-4-2/h12-15,18,20-23,28H,3-11,16-17,19,24-25H2,1-2H3. The van der Waals surface area contributed by atoms with Crippen LogP contribution in [-0.2, 0) is 9.53 Å². The second-order valence-electron chi connectivity index (χ2n) is 9.81. The summed E-state index contributed by atoms with van der Waals surface area (Å²) in [5, 5.41) is 0. The molecular formula is C32H44O3. The van der Waals surface area contributed by atoms with E-state index in [1.165, 1.54) is 55.2 Å². The van der Waals surface area contributed by atoms with Gasteiger partial charge in [-0.05, 0) is 66.8 Å². The van der Waals surface area contributed by atoms with Crippen molar-refractivity contribution in [2.45, 2.75) is 96.8 Å². The fourth-order valence-corrected chi connectivity index (χ4v) is 4.70. The maximum absolute atomic E-state index is 12.4. The monoisotopic (exact) mass is 476 g/mol. The van der Waals surface area contributed by atoms with Gasteiger partial charge >= 0.3 is 5.97 Å². The van der Waals surface area contributed by atoms with Crippen LogP contribution in [0.15, 0.2) is 60.2 Å². The molecule has 0 radical (unpaired) electrons. The number of rotatable bonds is 15. The molecule has 0 aromatic heterocycles. The van der Waals surface area contributed by atoms with Crippen molar-refractivity contribution in [3.05, 3.63) is 65.7 Å². The highest BCUT2D eigenvalue weighted by Gasteiger charge is 2.21. The minimum Gasteiger partial charge on any atom is -0.494 e. The van der Waals surface area contributed by atoms with Crippen molar-refractivity contribution in [2.75, 3.05) is 13.2 Å². The first-order valence-electron chi connectivity index (χ1n) is 13.9. The van der Waals surface area contributed by atoms with Gasteiger partial charge in [0.25, 0.3) is 0 Å². The molecule has 0 N–H and O–H groups in total. The smallest absolute Gasteiger partial charge is 0.333 e. The van der Waals surface area contributed by atoms with Crippen LogP contribution < -0.4 is 4.74 Å². The third kappa shape index (κ3) is 9.20. The summed E-state index contributed by atoms with van der Waals surface area (Å²) in [5.74, 6) is 1.31. The zero-order valence-corrected chi connectivity index (χ0v) is 21.9. The van der Waals surface area contributed by atoms with E-state index in [0.29, 0.717) is 12.5 Å². The topological polar surface area (TPSA) is 35.5 Å². The number of hydrogen-bond acceptors (Lipinski definition) is 3. The van der Waals surface area contributed by atoms with E-state index in [0.717, 1.165) is 56.5 Å². The van der Waals surface area contributed by atoms with Gasteiger partial charge in [0.1, 0.15) is 5.75 Å². The molecule has 1 aliphatic rings. The van der Waals surface area contributed by atoms with Crippen LogP contribution in [-0.4, -0.2) is 19.2 Å². The van der Waals surface area contributed by atoms with Crippen molar-refractivity contribution >= 4 is 5.97 Å². The Bertz CT molecular complexity index is 895. The Morgan fingerprint density at radius 1 is 0.771 bits per heavy atom. The summed E-state index contributed by atoms with van der Waals surface area (Å²) < 4.78 is 11.3. The molecule has 3 heteroatoms. The average molecular weight is 477 g/mol. The number of ether oxygens (including phenoxy) is 2. The highest BCUT2D eigenvalue weighted by Crippen LogP contribution is 2.34. The molecule has 1 aliphatic carbocycles. The molecular weight excluding hydrogens is 432 g/mol. The molecule has 0 aliphatic heterocycles. The van der Waals surface area contributed by atoms with Crippen molar-refractivity contribution in [1.29, 1.82) is 0 Å². The summed E-state index contributed by atoms with van der Waals surface area (Å²) in [7, 11) is 0. The number of unbranched alkanes of at least 4 members (excludes halogenated alkanes) is 7. The number of esters is 1. The lowest BCUT2D eigenvalue weighted by molar-refractivity contribution is -0.139. The van der Waals surface area contributed by atoms with Crippen molar-refractivity contribution in [2.24, 2.45) is 0 Å². The molecule has 35 heavy (non-hydrogen) atoms. The zero-order chi connectivity index (χ0) is 24.7. The Kier molecular flexibility index (Phi) is 11.9. The summed E-state index contributed by atoms with van der Waals surface area (Å²) in [5.41, 5.74) is 4.63. The number of carbonyl (C=O) groups excluding carboxylic acids is 1. The zero-order valence-electron chi connectivity index (χ0n) is 21.9. The Morgan fingerprint density at radius 3 is 2.03 bits per heavy atom. The molecule has 0 fully saturated rings. The molecule has 0 saturated carbocycles. The molecule has 0 bridgehead atoms. The molecule has 0 spiro atoms. The van der Waals surface area contributed by atoms with Gasteiger partial charge in [-0.1, -0.05) is 101 Å². The molecule has 190 valence electrons. The predicted octanol–water partition coefficient (Wildman–Crippen LogP) is 9.02. The largest absolute Gasteiger partial charge is 0.494 e. The van der Waals surface area contributed by atoms with Gasteiger partial charge in [0.2, 0.25) is 0 Å². The first kappa shape index (κ1) is 27.0. The molecule has 1 atom stereocenters. The predicted molar refractivity (Wildman–Crippen MR) is 146 cm³/mol. The van der Waals surface area contributed by atoms with E-state index >= 15 is 0 Å². The second-order valence-corrected chi connectivity index (χ2v) is 9.81. The molecule has 2 aromatic rings. The fraction of sp³-hybridized carbons (Fsp3) is 0.531. The highest BCUT2D eigenvalue weighted by molar-refractivity contribution is 5.88. The molecule has 2 aromatic carbocycles. The third-order valence-electron chi connectivity index (χ3n) is 6.99. The SMILES string of the molecule is CCCCCCCCOC(=O)C1=CCC(c2ccc(-c3ccc(OCCCCC)cc3)cc2)CC1.